The molecule has 0 amide bonds. The van der Waals surface area contributed by atoms with Gasteiger partial charge in [-0.25, -0.2) is 21.1 Å². The molecule has 0 saturated heterocycles. The number of sulfonamides is 2. The zero-order valence-electron chi connectivity index (χ0n) is 15.1. The van der Waals surface area contributed by atoms with E-state index in [1.165, 1.54) is 32.3 Å². The summed E-state index contributed by atoms with van der Waals surface area (Å²) in [7, 11) is -4.70. The van der Waals surface area contributed by atoms with Crippen molar-refractivity contribution in [3.05, 3.63) is 48.0 Å². The molecule has 0 aromatic heterocycles. The van der Waals surface area contributed by atoms with Crippen molar-refractivity contribution >= 4 is 31.4 Å². The van der Waals surface area contributed by atoms with Gasteiger partial charge in [0.1, 0.15) is 0 Å². The lowest BCUT2D eigenvalue weighted by Crippen LogP contribution is -2.22. The van der Waals surface area contributed by atoms with Crippen molar-refractivity contribution < 1.29 is 16.8 Å². The van der Waals surface area contributed by atoms with Crippen LogP contribution >= 0.6 is 0 Å². The van der Waals surface area contributed by atoms with Gasteiger partial charge in [0, 0.05) is 20.6 Å². The van der Waals surface area contributed by atoms with E-state index in [0.717, 1.165) is 9.87 Å². The lowest BCUT2D eigenvalue weighted by atomic mass is 10.2. The van der Waals surface area contributed by atoms with Gasteiger partial charge in [-0.2, -0.15) is 0 Å². The molecule has 7 nitrogen and oxygen atoms in total. The van der Waals surface area contributed by atoms with Crippen molar-refractivity contribution in [3.63, 3.8) is 0 Å². The maximum absolute atomic E-state index is 12.7. The van der Waals surface area contributed by atoms with Gasteiger partial charge in [0.05, 0.1) is 21.2 Å². The minimum Gasteiger partial charge on any atom is -0.384 e. The van der Waals surface area contributed by atoms with Gasteiger partial charge < -0.3 is 5.32 Å². The largest absolute Gasteiger partial charge is 0.384 e. The van der Waals surface area contributed by atoms with E-state index in [-0.39, 0.29) is 15.5 Å². The van der Waals surface area contributed by atoms with Gasteiger partial charge in [0.15, 0.2) is 0 Å². The van der Waals surface area contributed by atoms with Crippen LogP contribution in [0.4, 0.5) is 11.4 Å². The van der Waals surface area contributed by atoms with Crippen LogP contribution in [-0.2, 0) is 20.0 Å². The quantitative estimate of drug-likeness (QED) is 0.748. The predicted octanol–water partition coefficient (Wildman–Crippen LogP) is 2.48. The predicted molar refractivity (Wildman–Crippen MR) is 103 cm³/mol. The molecule has 0 aliphatic heterocycles. The Morgan fingerprint density at radius 2 is 1.62 bits per heavy atom. The van der Waals surface area contributed by atoms with Gasteiger partial charge in [-0.15, -0.1) is 0 Å². The van der Waals surface area contributed by atoms with Crippen molar-refractivity contribution in [1.82, 2.24) is 4.31 Å². The van der Waals surface area contributed by atoms with E-state index in [0.29, 0.717) is 12.2 Å². The fourth-order valence-electron chi connectivity index (χ4n) is 2.31. The van der Waals surface area contributed by atoms with E-state index in [1.54, 1.807) is 31.2 Å². The maximum Gasteiger partial charge on any atom is 0.261 e. The summed E-state index contributed by atoms with van der Waals surface area (Å²) >= 11 is 0. The third-order valence-corrected chi connectivity index (χ3v) is 6.86. The molecule has 0 aliphatic rings. The van der Waals surface area contributed by atoms with Crippen molar-refractivity contribution in [2.75, 3.05) is 30.7 Å². The van der Waals surface area contributed by atoms with E-state index in [4.69, 9.17) is 0 Å². The Hall–Kier alpha value is -2.10. The van der Waals surface area contributed by atoms with Gasteiger partial charge in [0.25, 0.3) is 10.0 Å². The summed E-state index contributed by atoms with van der Waals surface area (Å²) in [6, 6.07) is 10.8. The van der Waals surface area contributed by atoms with Gasteiger partial charge >= 0.3 is 0 Å². The first kappa shape index (κ1) is 20.2. The lowest BCUT2D eigenvalue weighted by Gasteiger charge is -2.17. The minimum absolute atomic E-state index is 0.00564. The number of hydrogen-bond acceptors (Lipinski definition) is 5. The van der Waals surface area contributed by atoms with Gasteiger partial charge in [-0.3, -0.25) is 4.72 Å². The summed E-state index contributed by atoms with van der Waals surface area (Å²) in [6.45, 7) is 4.22. The molecule has 2 aromatic carbocycles. The molecule has 0 aliphatic carbocycles. The van der Waals surface area contributed by atoms with Gasteiger partial charge in [-0.1, -0.05) is 12.1 Å². The molecule has 0 radical (unpaired) electrons. The Bertz CT molecular complexity index is 1000. The third kappa shape index (κ3) is 4.35. The molecule has 0 saturated carbocycles. The molecular weight excluding hydrogens is 374 g/mol. The SMILES string of the molecule is CCNc1ccc(S(=O)(=O)N(C)C)cc1NS(=O)(=O)c1cccc(C)c1. The second-order valence-corrected chi connectivity index (χ2v) is 9.78. The number of benzene rings is 2. The summed E-state index contributed by atoms with van der Waals surface area (Å²) in [5, 5.41) is 3.03. The van der Waals surface area contributed by atoms with Crippen LogP contribution in [0.1, 0.15) is 12.5 Å². The molecule has 0 heterocycles. The average Bonchev–Trinajstić information content (AvgIpc) is 2.56. The van der Waals surface area contributed by atoms with E-state index < -0.39 is 20.0 Å². The summed E-state index contributed by atoms with van der Waals surface area (Å²) in [5.41, 5.74) is 1.49. The van der Waals surface area contributed by atoms with Crippen LogP contribution < -0.4 is 10.0 Å². The molecule has 0 unspecified atom stereocenters. The van der Waals surface area contributed by atoms with Crippen LogP contribution in [0.2, 0.25) is 0 Å². The minimum atomic E-state index is -3.86. The first-order chi connectivity index (χ1) is 12.1. The molecule has 9 heteroatoms. The van der Waals surface area contributed by atoms with E-state index in [2.05, 4.69) is 10.0 Å². The number of anilines is 2. The Balaban J connectivity index is 2.52. The molecule has 0 fully saturated rings. The molecule has 0 spiro atoms. The standard InChI is InChI=1S/C17H23N3O4S2/c1-5-18-16-10-9-15(26(23,24)20(3)4)12-17(16)19-25(21,22)14-8-6-7-13(2)11-14/h6-12,18-19H,5H2,1-4H3. The van der Waals surface area contributed by atoms with Crippen LogP contribution in [0.15, 0.2) is 52.3 Å². The highest BCUT2D eigenvalue weighted by Gasteiger charge is 2.21. The number of aryl methyl sites for hydroxylation is 1. The Morgan fingerprint density at radius 1 is 0.923 bits per heavy atom. The van der Waals surface area contributed by atoms with Gasteiger partial charge in [-0.05, 0) is 49.7 Å². The molecule has 2 aromatic rings. The monoisotopic (exact) mass is 397 g/mol. The normalized spacial score (nSPS) is 12.2. The summed E-state index contributed by atoms with van der Waals surface area (Å²) in [6.07, 6.45) is 0. The van der Waals surface area contributed by atoms with Crippen LogP contribution in [0, 0.1) is 6.92 Å². The topological polar surface area (TPSA) is 95.6 Å². The fourth-order valence-corrected chi connectivity index (χ4v) is 4.41. The van der Waals surface area contributed by atoms with Crippen molar-refractivity contribution in [3.8, 4) is 0 Å². The van der Waals surface area contributed by atoms with Gasteiger partial charge in [0.2, 0.25) is 10.0 Å². The first-order valence-electron chi connectivity index (χ1n) is 7.98. The summed E-state index contributed by atoms with van der Waals surface area (Å²) < 4.78 is 53.7. The third-order valence-electron chi connectivity index (χ3n) is 3.68. The zero-order valence-corrected chi connectivity index (χ0v) is 16.8. The molecule has 26 heavy (non-hydrogen) atoms. The smallest absolute Gasteiger partial charge is 0.261 e. The summed E-state index contributed by atoms with van der Waals surface area (Å²) in [4.78, 5) is 0.118. The second kappa shape index (κ2) is 7.65. The number of nitrogens with one attached hydrogen (secondary N) is 2. The second-order valence-electron chi connectivity index (χ2n) is 5.95. The van der Waals surface area contributed by atoms with E-state index >= 15 is 0 Å². The average molecular weight is 398 g/mol. The molecule has 2 rings (SSSR count). The Morgan fingerprint density at radius 3 is 2.19 bits per heavy atom. The Kier molecular flexibility index (Phi) is 5.94. The molecule has 142 valence electrons. The molecule has 2 N–H and O–H groups in total. The van der Waals surface area contributed by atoms with Crippen LogP contribution in [0.5, 0.6) is 0 Å². The first-order valence-corrected chi connectivity index (χ1v) is 10.9. The van der Waals surface area contributed by atoms with Crippen LogP contribution in [-0.4, -0.2) is 41.8 Å². The van der Waals surface area contributed by atoms with Crippen LogP contribution in [0.3, 0.4) is 0 Å². The molecule has 0 atom stereocenters. The van der Waals surface area contributed by atoms with E-state index in [1.807, 2.05) is 6.92 Å². The van der Waals surface area contributed by atoms with Crippen molar-refractivity contribution in [2.45, 2.75) is 23.6 Å². The summed E-state index contributed by atoms with van der Waals surface area (Å²) in [5.74, 6) is 0. The highest BCUT2D eigenvalue weighted by atomic mass is 32.2. The highest BCUT2D eigenvalue weighted by Crippen LogP contribution is 2.29. The fraction of sp³-hybridized carbons (Fsp3) is 0.294. The van der Waals surface area contributed by atoms with Crippen molar-refractivity contribution in [2.24, 2.45) is 0 Å². The zero-order chi connectivity index (χ0) is 19.5. The number of hydrogen-bond donors (Lipinski definition) is 2. The molecule has 0 bridgehead atoms. The highest BCUT2D eigenvalue weighted by molar-refractivity contribution is 7.92. The Labute approximate surface area is 155 Å². The number of nitrogens with zero attached hydrogens (tertiary/aromatic N) is 1. The molecular formula is C17H23N3O4S2. The maximum atomic E-state index is 12.7. The van der Waals surface area contributed by atoms with Crippen LogP contribution in [0.25, 0.3) is 0 Å². The van der Waals surface area contributed by atoms with Crippen molar-refractivity contribution in [1.29, 1.82) is 0 Å². The van der Waals surface area contributed by atoms with E-state index in [9.17, 15) is 16.8 Å². The lowest BCUT2D eigenvalue weighted by molar-refractivity contribution is 0.521. The number of rotatable bonds is 7.